The van der Waals surface area contributed by atoms with E-state index in [0.717, 1.165) is 11.1 Å². The first-order valence-electron chi connectivity index (χ1n) is 5.89. The molecule has 1 unspecified atom stereocenters. The smallest absolute Gasteiger partial charge is 0.0991 e. The molecule has 0 amide bonds. The maximum absolute atomic E-state index is 10.5. The van der Waals surface area contributed by atoms with Crippen molar-refractivity contribution in [2.45, 2.75) is 18.9 Å². The van der Waals surface area contributed by atoms with Crippen molar-refractivity contribution in [1.29, 1.82) is 5.26 Å². The second-order valence-corrected chi connectivity index (χ2v) is 4.63. The zero-order valence-electron chi connectivity index (χ0n) is 10.3. The molecule has 1 atom stereocenters. The number of hydrogen-bond donors (Lipinski definition) is 1. The predicted octanol–water partition coefficient (Wildman–Crippen LogP) is 3.01. The van der Waals surface area contributed by atoms with Gasteiger partial charge in [0.05, 0.1) is 17.2 Å². The first-order chi connectivity index (χ1) is 8.62. The van der Waals surface area contributed by atoms with Gasteiger partial charge in [0, 0.05) is 6.42 Å². The van der Waals surface area contributed by atoms with Crippen molar-refractivity contribution in [1.82, 2.24) is 0 Å². The lowest BCUT2D eigenvalue weighted by Crippen LogP contribution is -2.24. The van der Waals surface area contributed by atoms with E-state index >= 15 is 0 Å². The summed E-state index contributed by atoms with van der Waals surface area (Å²) in [7, 11) is 0. The summed E-state index contributed by atoms with van der Waals surface area (Å²) in [6.07, 6.45) is 0.530. The third-order valence-corrected chi connectivity index (χ3v) is 3.03. The van der Waals surface area contributed by atoms with Crippen molar-refractivity contribution >= 4 is 0 Å². The highest BCUT2D eigenvalue weighted by atomic mass is 16.3. The monoisotopic (exact) mass is 237 g/mol. The predicted molar refractivity (Wildman–Crippen MR) is 70.9 cm³/mol. The fourth-order valence-electron chi connectivity index (χ4n) is 1.99. The molecule has 0 saturated heterocycles. The molecule has 2 aromatic carbocycles. The first-order valence-corrected chi connectivity index (χ1v) is 5.89. The molecule has 2 aromatic rings. The Morgan fingerprint density at radius 2 is 1.67 bits per heavy atom. The van der Waals surface area contributed by atoms with E-state index in [4.69, 9.17) is 5.26 Å². The van der Waals surface area contributed by atoms with Crippen LogP contribution in [0.25, 0.3) is 0 Å². The van der Waals surface area contributed by atoms with Crippen LogP contribution in [0.2, 0.25) is 0 Å². The highest BCUT2D eigenvalue weighted by molar-refractivity contribution is 5.33. The highest BCUT2D eigenvalue weighted by Gasteiger charge is 2.22. The number of nitriles is 1. The van der Waals surface area contributed by atoms with Gasteiger partial charge in [-0.1, -0.05) is 42.5 Å². The summed E-state index contributed by atoms with van der Waals surface area (Å²) in [6, 6.07) is 19.0. The van der Waals surface area contributed by atoms with Gasteiger partial charge in [-0.2, -0.15) is 5.26 Å². The third-order valence-electron chi connectivity index (χ3n) is 3.03. The molecule has 0 aliphatic rings. The Bertz CT molecular complexity index is 550. The second-order valence-electron chi connectivity index (χ2n) is 4.63. The van der Waals surface area contributed by atoms with E-state index in [0.29, 0.717) is 12.0 Å². The van der Waals surface area contributed by atoms with Crippen LogP contribution in [-0.2, 0) is 12.0 Å². The Hall–Kier alpha value is -2.11. The van der Waals surface area contributed by atoms with Crippen LogP contribution < -0.4 is 0 Å². The topological polar surface area (TPSA) is 44.0 Å². The van der Waals surface area contributed by atoms with E-state index < -0.39 is 5.60 Å². The van der Waals surface area contributed by atoms with E-state index in [2.05, 4.69) is 6.07 Å². The molecule has 0 radical (unpaired) electrons. The van der Waals surface area contributed by atoms with Gasteiger partial charge in [-0.3, -0.25) is 0 Å². The SMILES string of the molecule is CC(O)(Cc1ccc(C#N)cc1)c1ccccc1. The van der Waals surface area contributed by atoms with E-state index in [9.17, 15) is 5.11 Å². The van der Waals surface area contributed by atoms with Crippen LogP contribution >= 0.6 is 0 Å². The summed E-state index contributed by atoms with van der Waals surface area (Å²) in [4.78, 5) is 0. The maximum atomic E-state index is 10.5. The fraction of sp³-hybridized carbons (Fsp3) is 0.188. The Morgan fingerprint density at radius 3 is 2.22 bits per heavy atom. The minimum absolute atomic E-state index is 0.530. The lowest BCUT2D eigenvalue weighted by Gasteiger charge is -2.24. The molecule has 0 aliphatic carbocycles. The van der Waals surface area contributed by atoms with Crippen LogP contribution in [0.4, 0.5) is 0 Å². The summed E-state index contributed by atoms with van der Waals surface area (Å²) in [5.41, 5.74) is 1.66. The van der Waals surface area contributed by atoms with Crippen LogP contribution in [0.3, 0.4) is 0 Å². The largest absolute Gasteiger partial charge is 0.385 e. The summed E-state index contributed by atoms with van der Waals surface area (Å²) in [5.74, 6) is 0. The third kappa shape index (κ3) is 2.77. The molecule has 2 rings (SSSR count). The van der Waals surface area contributed by atoms with Crippen molar-refractivity contribution in [3.05, 3.63) is 71.3 Å². The van der Waals surface area contributed by atoms with Gasteiger partial charge in [0.1, 0.15) is 0 Å². The van der Waals surface area contributed by atoms with Crippen molar-refractivity contribution in [2.75, 3.05) is 0 Å². The van der Waals surface area contributed by atoms with Crippen LogP contribution in [0.15, 0.2) is 54.6 Å². The Kier molecular flexibility index (Phi) is 3.45. The van der Waals surface area contributed by atoms with Crippen LogP contribution in [0.1, 0.15) is 23.6 Å². The van der Waals surface area contributed by atoms with Gasteiger partial charge < -0.3 is 5.11 Å². The number of hydrogen-bond acceptors (Lipinski definition) is 2. The van der Waals surface area contributed by atoms with Crippen LogP contribution in [0, 0.1) is 11.3 Å². The van der Waals surface area contributed by atoms with Crippen molar-refractivity contribution in [2.24, 2.45) is 0 Å². The number of aliphatic hydroxyl groups is 1. The van der Waals surface area contributed by atoms with Gasteiger partial charge in [-0.05, 0) is 30.2 Å². The molecule has 2 heteroatoms. The Balaban J connectivity index is 2.20. The van der Waals surface area contributed by atoms with E-state index in [1.165, 1.54) is 0 Å². The maximum Gasteiger partial charge on any atom is 0.0991 e. The highest BCUT2D eigenvalue weighted by Crippen LogP contribution is 2.25. The standard InChI is InChI=1S/C16H15NO/c1-16(18,15-5-3-2-4-6-15)11-13-7-9-14(12-17)10-8-13/h2-10,18H,11H2,1H3. The molecule has 0 aliphatic heterocycles. The van der Waals surface area contributed by atoms with Crippen molar-refractivity contribution < 1.29 is 5.11 Å². The molecular formula is C16H15NO. The number of nitrogens with zero attached hydrogens (tertiary/aromatic N) is 1. The molecule has 2 nitrogen and oxygen atoms in total. The summed E-state index contributed by atoms with van der Waals surface area (Å²) in [5, 5.41) is 19.2. The molecule has 18 heavy (non-hydrogen) atoms. The lowest BCUT2D eigenvalue weighted by molar-refractivity contribution is 0.0576. The Morgan fingerprint density at radius 1 is 1.06 bits per heavy atom. The van der Waals surface area contributed by atoms with E-state index in [1.54, 1.807) is 19.1 Å². The summed E-state index contributed by atoms with van der Waals surface area (Å²) in [6.45, 7) is 1.81. The number of rotatable bonds is 3. The minimum Gasteiger partial charge on any atom is -0.385 e. The molecule has 0 bridgehead atoms. The lowest BCUT2D eigenvalue weighted by atomic mass is 9.89. The molecule has 0 saturated carbocycles. The minimum atomic E-state index is -0.893. The molecule has 1 N–H and O–H groups in total. The molecule has 0 aromatic heterocycles. The van der Waals surface area contributed by atoms with Crippen molar-refractivity contribution in [3.63, 3.8) is 0 Å². The first kappa shape index (κ1) is 12.3. The summed E-state index contributed by atoms with van der Waals surface area (Å²) < 4.78 is 0. The van der Waals surface area contributed by atoms with E-state index in [-0.39, 0.29) is 0 Å². The number of benzene rings is 2. The fourth-order valence-corrected chi connectivity index (χ4v) is 1.99. The van der Waals surface area contributed by atoms with Gasteiger partial charge in [-0.25, -0.2) is 0 Å². The van der Waals surface area contributed by atoms with Gasteiger partial charge >= 0.3 is 0 Å². The zero-order chi connectivity index (χ0) is 13.0. The molecule has 0 heterocycles. The van der Waals surface area contributed by atoms with Gasteiger partial charge in [0.25, 0.3) is 0 Å². The van der Waals surface area contributed by atoms with Gasteiger partial charge in [-0.15, -0.1) is 0 Å². The Labute approximate surface area is 107 Å². The summed E-state index contributed by atoms with van der Waals surface area (Å²) >= 11 is 0. The average Bonchev–Trinajstić information content (AvgIpc) is 2.40. The average molecular weight is 237 g/mol. The molecule has 0 fully saturated rings. The van der Waals surface area contributed by atoms with Crippen molar-refractivity contribution in [3.8, 4) is 6.07 Å². The van der Waals surface area contributed by atoms with Gasteiger partial charge in [0.2, 0.25) is 0 Å². The quantitative estimate of drug-likeness (QED) is 0.891. The zero-order valence-corrected chi connectivity index (χ0v) is 10.3. The van der Waals surface area contributed by atoms with Crippen LogP contribution in [-0.4, -0.2) is 5.11 Å². The van der Waals surface area contributed by atoms with E-state index in [1.807, 2.05) is 42.5 Å². The van der Waals surface area contributed by atoms with Gasteiger partial charge in [0.15, 0.2) is 0 Å². The second kappa shape index (κ2) is 5.03. The van der Waals surface area contributed by atoms with Crippen LogP contribution in [0.5, 0.6) is 0 Å². The normalized spacial score (nSPS) is 13.6. The molecule has 0 spiro atoms. The molecule has 90 valence electrons. The molecular weight excluding hydrogens is 222 g/mol.